The maximum atomic E-state index is 12.8. The molecule has 0 N–H and O–H groups in total. The van der Waals surface area contributed by atoms with Gasteiger partial charge in [-0.25, -0.2) is 12.8 Å². The molecule has 0 atom stereocenters. The Morgan fingerprint density at radius 1 is 1.47 bits per heavy atom. The van der Waals surface area contributed by atoms with Gasteiger partial charge in [-0.05, 0) is 34.1 Å². The van der Waals surface area contributed by atoms with Crippen molar-refractivity contribution in [1.29, 1.82) is 0 Å². The van der Waals surface area contributed by atoms with Crippen molar-refractivity contribution in [3.63, 3.8) is 0 Å². The predicted molar refractivity (Wildman–Crippen MR) is 58.1 cm³/mol. The molecule has 6 heteroatoms. The van der Waals surface area contributed by atoms with Crippen molar-refractivity contribution in [1.82, 2.24) is 0 Å². The fourth-order valence-corrected chi connectivity index (χ4v) is 2.01. The fraction of sp³-hybridized carbons (Fsp3) is 0.222. The number of Topliss-reactive ketones (excluding diaryl/α,β-unsaturated/α-hetero) is 1. The molecule has 0 aromatic heterocycles. The van der Waals surface area contributed by atoms with E-state index < -0.39 is 27.2 Å². The van der Waals surface area contributed by atoms with Crippen LogP contribution >= 0.6 is 15.9 Å². The molecule has 0 heterocycles. The average molecular weight is 295 g/mol. The molecular formula is C9H8BrFO3S. The molecule has 0 unspecified atom stereocenters. The number of benzene rings is 1. The lowest BCUT2D eigenvalue weighted by Crippen LogP contribution is -2.14. The number of sulfone groups is 1. The van der Waals surface area contributed by atoms with Crippen LogP contribution in [0.4, 0.5) is 4.39 Å². The van der Waals surface area contributed by atoms with Gasteiger partial charge in [0, 0.05) is 11.8 Å². The minimum atomic E-state index is -3.35. The van der Waals surface area contributed by atoms with E-state index in [2.05, 4.69) is 15.9 Å². The third-order valence-electron chi connectivity index (χ3n) is 1.63. The highest BCUT2D eigenvalue weighted by Gasteiger charge is 2.14. The molecule has 0 saturated carbocycles. The minimum absolute atomic E-state index is 0.141. The lowest BCUT2D eigenvalue weighted by molar-refractivity contribution is 0.102. The summed E-state index contributed by atoms with van der Waals surface area (Å²) >= 11 is 2.92. The number of ketones is 1. The van der Waals surface area contributed by atoms with Crippen molar-refractivity contribution >= 4 is 31.6 Å². The van der Waals surface area contributed by atoms with Crippen LogP contribution in [-0.4, -0.2) is 26.2 Å². The van der Waals surface area contributed by atoms with E-state index in [1.807, 2.05) is 0 Å². The number of halogens is 2. The molecule has 0 aliphatic rings. The molecule has 1 rings (SSSR count). The van der Waals surface area contributed by atoms with E-state index in [9.17, 15) is 17.6 Å². The number of hydrogen-bond acceptors (Lipinski definition) is 3. The maximum absolute atomic E-state index is 12.8. The lowest BCUT2D eigenvalue weighted by Gasteiger charge is -2.01. The Balaban J connectivity index is 2.98. The SMILES string of the molecule is CS(=O)(=O)CC(=O)c1ccc(F)c(Br)c1. The first-order valence-corrected chi connectivity index (χ1v) is 6.81. The van der Waals surface area contributed by atoms with Crippen LogP contribution in [0.5, 0.6) is 0 Å². The van der Waals surface area contributed by atoms with Crippen molar-refractivity contribution in [2.75, 3.05) is 12.0 Å². The van der Waals surface area contributed by atoms with E-state index in [1.54, 1.807) is 0 Å². The predicted octanol–water partition coefficient (Wildman–Crippen LogP) is 1.82. The molecule has 0 amide bonds. The summed E-state index contributed by atoms with van der Waals surface area (Å²) in [6.45, 7) is 0. The lowest BCUT2D eigenvalue weighted by atomic mass is 10.1. The molecule has 0 aliphatic heterocycles. The van der Waals surface area contributed by atoms with Gasteiger partial charge in [0.1, 0.15) is 11.6 Å². The summed E-state index contributed by atoms with van der Waals surface area (Å²) < 4.78 is 34.7. The van der Waals surface area contributed by atoms with E-state index in [0.717, 1.165) is 12.3 Å². The van der Waals surface area contributed by atoms with Gasteiger partial charge in [-0.1, -0.05) is 0 Å². The molecule has 0 aliphatic carbocycles. The van der Waals surface area contributed by atoms with Crippen LogP contribution in [-0.2, 0) is 9.84 Å². The average Bonchev–Trinajstić information content (AvgIpc) is 2.06. The quantitative estimate of drug-likeness (QED) is 0.799. The van der Waals surface area contributed by atoms with E-state index in [1.165, 1.54) is 12.1 Å². The Hall–Kier alpha value is -0.750. The van der Waals surface area contributed by atoms with Crippen LogP contribution in [0.15, 0.2) is 22.7 Å². The Labute approximate surface area is 95.3 Å². The molecule has 0 spiro atoms. The van der Waals surface area contributed by atoms with Gasteiger partial charge in [0.2, 0.25) is 0 Å². The highest BCUT2D eigenvalue weighted by molar-refractivity contribution is 9.10. The van der Waals surface area contributed by atoms with Gasteiger partial charge < -0.3 is 0 Å². The van der Waals surface area contributed by atoms with Gasteiger partial charge in [0.15, 0.2) is 15.6 Å². The zero-order chi connectivity index (χ0) is 11.6. The van der Waals surface area contributed by atoms with E-state index in [0.29, 0.717) is 0 Å². The van der Waals surface area contributed by atoms with Crippen molar-refractivity contribution < 1.29 is 17.6 Å². The first-order chi connectivity index (χ1) is 6.79. The van der Waals surface area contributed by atoms with Crippen LogP contribution in [0, 0.1) is 5.82 Å². The Morgan fingerprint density at radius 3 is 2.53 bits per heavy atom. The zero-order valence-electron chi connectivity index (χ0n) is 7.83. The highest BCUT2D eigenvalue weighted by Crippen LogP contribution is 2.17. The number of rotatable bonds is 3. The van der Waals surface area contributed by atoms with E-state index in [-0.39, 0.29) is 10.0 Å². The van der Waals surface area contributed by atoms with E-state index in [4.69, 9.17) is 0 Å². The summed E-state index contributed by atoms with van der Waals surface area (Å²) in [4.78, 5) is 11.4. The second kappa shape index (κ2) is 4.40. The van der Waals surface area contributed by atoms with Crippen molar-refractivity contribution in [3.05, 3.63) is 34.1 Å². The molecule has 0 fully saturated rings. The van der Waals surface area contributed by atoms with Crippen LogP contribution in [0.3, 0.4) is 0 Å². The topological polar surface area (TPSA) is 51.2 Å². The Bertz CT molecular complexity index is 496. The van der Waals surface area contributed by atoms with Gasteiger partial charge in [-0.15, -0.1) is 0 Å². The minimum Gasteiger partial charge on any atom is -0.293 e. The molecule has 1 aromatic rings. The maximum Gasteiger partial charge on any atom is 0.177 e. The van der Waals surface area contributed by atoms with Gasteiger partial charge in [0.05, 0.1) is 4.47 Å². The second-order valence-electron chi connectivity index (χ2n) is 3.12. The molecule has 15 heavy (non-hydrogen) atoms. The Morgan fingerprint density at radius 2 is 2.07 bits per heavy atom. The highest BCUT2D eigenvalue weighted by atomic mass is 79.9. The second-order valence-corrected chi connectivity index (χ2v) is 6.12. The first-order valence-electron chi connectivity index (χ1n) is 3.95. The summed E-state index contributed by atoms with van der Waals surface area (Å²) in [6, 6.07) is 3.63. The zero-order valence-corrected chi connectivity index (χ0v) is 10.2. The van der Waals surface area contributed by atoms with Crippen molar-refractivity contribution in [2.24, 2.45) is 0 Å². The monoisotopic (exact) mass is 294 g/mol. The smallest absolute Gasteiger partial charge is 0.177 e. The number of carbonyl (C=O) groups excluding carboxylic acids is 1. The molecule has 1 aromatic carbocycles. The fourth-order valence-electron chi connectivity index (χ4n) is 0.991. The standard InChI is InChI=1S/C9H8BrFO3S/c1-15(13,14)5-9(12)6-2-3-8(11)7(10)4-6/h2-4H,5H2,1H3. The summed E-state index contributed by atoms with van der Waals surface area (Å²) in [7, 11) is -3.35. The molecule has 0 bridgehead atoms. The van der Waals surface area contributed by atoms with Crippen molar-refractivity contribution in [3.8, 4) is 0 Å². The van der Waals surface area contributed by atoms with Gasteiger partial charge >= 0.3 is 0 Å². The molecular weight excluding hydrogens is 287 g/mol. The van der Waals surface area contributed by atoms with Gasteiger partial charge in [-0.2, -0.15) is 0 Å². The summed E-state index contributed by atoms with van der Waals surface area (Å²) in [6.07, 6.45) is 0.976. The van der Waals surface area contributed by atoms with Gasteiger partial charge in [-0.3, -0.25) is 4.79 Å². The van der Waals surface area contributed by atoms with Crippen LogP contribution in [0.25, 0.3) is 0 Å². The third kappa shape index (κ3) is 3.71. The summed E-state index contributed by atoms with van der Waals surface area (Å²) in [5, 5.41) is 0. The number of carbonyl (C=O) groups is 1. The summed E-state index contributed by atoms with van der Waals surface area (Å²) in [5.41, 5.74) is 0.175. The van der Waals surface area contributed by atoms with E-state index >= 15 is 0 Å². The molecule has 0 saturated heterocycles. The van der Waals surface area contributed by atoms with Crippen LogP contribution in [0.1, 0.15) is 10.4 Å². The number of hydrogen-bond donors (Lipinski definition) is 0. The molecule has 3 nitrogen and oxygen atoms in total. The van der Waals surface area contributed by atoms with Crippen LogP contribution in [0.2, 0.25) is 0 Å². The van der Waals surface area contributed by atoms with Gasteiger partial charge in [0.25, 0.3) is 0 Å². The first kappa shape index (κ1) is 12.3. The third-order valence-corrected chi connectivity index (χ3v) is 3.03. The normalized spacial score (nSPS) is 11.4. The molecule has 0 radical (unpaired) electrons. The van der Waals surface area contributed by atoms with Crippen LogP contribution < -0.4 is 0 Å². The largest absolute Gasteiger partial charge is 0.293 e. The molecule has 82 valence electrons. The Kier molecular flexibility index (Phi) is 3.62. The summed E-state index contributed by atoms with van der Waals surface area (Å²) in [5.74, 6) is -1.60. The van der Waals surface area contributed by atoms with Crippen molar-refractivity contribution in [2.45, 2.75) is 0 Å².